The normalized spacial score (nSPS) is 11.0. The third-order valence-corrected chi connectivity index (χ3v) is 3.83. The van der Waals surface area contributed by atoms with E-state index in [2.05, 4.69) is 6.58 Å². The van der Waals surface area contributed by atoms with Crippen molar-refractivity contribution in [3.63, 3.8) is 0 Å². The monoisotopic (exact) mass is 294 g/mol. The predicted octanol–water partition coefficient (Wildman–Crippen LogP) is 4.20. The molecule has 1 N–H and O–H groups in total. The van der Waals surface area contributed by atoms with Gasteiger partial charge in [0.05, 0.1) is 5.41 Å². The summed E-state index contributed by atoms with van der Waals surface area (Å²) in [5.74, 6) is -1.40. The molecular weight excluding hydrogens is 276 g/mol. The molecule has 2 aromatic rings. The first-order chi connectivity index (χ1) is 10.3. The Morgan fingerprint density at radius 2 is 1.41 bits per heavy atom. The maximum atomic E-state index is 12.5. The van der Waals surface area contributed by atoms with Gasteiger partial charge >= 0.3 is 5.97 Å². The van der Waals surface area contributed by atoms with Crippen LogP contribution < -0.4 is 0 Å². The lowest BCUT2D eigenvalue weighted by Crippen LogP contribution is -2.30. The second kappa shape index (κ2) is 5.98. The largest absolute Gasteiger partial charge is 0.478 e. The molecule has 0 aliphatic rings. The maximum Gasteiger partial charge on any atom is 0.331 e. The second-order valence-electron chi connectivity index (χ2n) is 5.68. The van der Waals surface area contributed by atoms with Crippen LogP contribution in [0.1, 0.15) is 24.2 Å². The summed E-state index contributed by atoms with van der Waals surface area (Å²) in [6, 6.07) is 17.0. The number of carboxylic acids is 1. The molecule has 22 heavy (non-hydrogen) atoms. The van der Waals surface area contributed by atoms with Crippen molar-refractivity contribution in [3.05, 3.63) is 72.3 Å². The number of Topliss-reactive ketones (excluding diaryl/α,β-unsaturated/α-hetero) is 1. The van der Waals surface area contributed by atoms with Gasteiger partial charge in [0.2, 0.25) is 0 Å². The quantitative estimate of drug-likeness (QED) is 0.664. The molecule has 2 rings (SSSR count). The summed E-state index contributed by atoms with van der Waals surface area (Å²) in [5.41, 5.74) is 1.31. The summed E-state index contributed by atoms with van der Waals surface area (Å²) >= 11 is 0. The van der Waals surface area contributed by atoms with Crippen LogP contribution in [0.3, 0.4) is 0 Å². The van der Waals surface area contributed by atoms with E-state index in [1.165, 1.54) is 0 Å². The average molecular weight is 294 g/mol. The highest BCUT2D eigenvalue weighted by Gasteiger charge is 2.35. The molecule has 0 saturated carbocycles. The van der Waals surface area contributed by atoms with Gasteiger partial charge in [0.25, 0.3) is 0 Å². The highest BCUT2D eigenvalue weighted by atomic mass is 16.4. The SMILES string of the molecule is C=C(C(=O)O)C(C)(C)C(=O)c1ccc(-c2ccccc2)cc1. The molecule has 112 valence electrons. The molecule has 3 nitrogen and oxygen atoms in total. The Labute approximate surface area is 129 Å². The summed E-state index contributed by atoms with van der Waals surface area (Å²) in [6.45, 7) is 6.68. The van der Waals surface area contributed by atoms with E-state index in [1.807, 2.05) is 42.5 Å². The molecule has 0 atom stereocenters. The van der Waals surface area contributed by atoms with E-state index >= 15 is 0 Å². The molecule has 0 aliphatic heterocycles. The van der Waals surface area contributed by atoms with Gasteiger partial charge in [-0.2, -0.15) is 0 Å². The average Bonchev–Trinajstić information content (AvgIpc) is 2.54. The van der Waals surface area contributed by atoms with Crippen LogP contribution in [0.25, 0.3) is 11.1 Å². The third-order valence-electron chi connectivity index (χ3n) is 3.83. The standard InChI is InChI=1S/C19H18O3/c1-13(18(21)22)19(2,3)17(20)16-11-9-15(10-12-16)14-7-5-4-6-8-14/h4-12H,1H2,2-3H3,(H,21,22). The molecule has 0 unspecified atom stereocenters. The Balaban J connectivity index is 2.29. The molecule has 0 bridgehead atoms. The minimum atomic E-state index is -1.15. The summed E-state index contributed by atoms with van der Waals surface area (Å²) in [6.07, 6.45) is 0. The van der Waals surface area contributed by atoms with Crippen LogP contribution in [0.5, 0.6) is 0 Å². The van der Waals surface area contributed by atoms with Crippen molar-refractivity contribution in [2.75, 3.05) is 0 Å². The van der Waals surface area contributed by atoms with Crippen LogP contribution in [0.2, 0.25) is 0 Å². The van der Waals surface area contributed by atoms with Gasteiger partial charge in [-0.1, -0.05) is 61.2 Å². The minimum Gasteiger partial charge on any atom is -0.478 e. The number of hydrogen-bond donors (Lipinski definition) is 1. The summed E-state index contributed by atoms with van der Waals surface area (Å²) < 4.78 is 0. The smallest absolute Gasteiger partial charge is 0.331 e. The van der Waals surface area contributed by atoms with E-state index in [-0.39, 0.29) is 11.4 Å². The van der Waals surface area contributed by atoms with E-state index in [4.69, 9.17) is 5.11 Å². The zero-order chi connectivity index (χ0) is 16.3. The zero-order valence-electron chi connectivity index (χ0n) is 12.7. The van der Waals surface area contributed by atoms with Gasteiger partial charge in [-0.3, -0.25) is 4.79 Å². The molecule has 3 heteroatoms. The minimum absolute atomic E-state index is 0.107. The van der Waals surface area contributed by atoms with Gasteiger partial charge in [0.1, 0.15) is 0 Å². The number of benzene rings is 2. The fraction of sp³-hybridized carbons (Fsp3) is 0.158. The van der Waals surface area contributed by atoms with Crippen molar-refractivity contribution >= 4 is 11.8 Å². The highest BCUT2D eigenvalue weighted by molar-refractivity contribution is 6.07. The molecular formula is C19H18O3. The van der Waals surface area contributed by atoms with Crippen molar-refractivity contribution in [3.8, 4) is 11.1 Å². The van der Waals surface area contributed by atoms with Gasteiger partial charge in [-0.25, -0.2) is 4.79 Å². The topological polar surface area (TPSA) is 54.4 Å². The van der Waals surface area contributed by atoms with Crippen LogP contribution in [0.15, 0.2) is 66.7 Å². The lowest BCUT2D eigenvalue weighted by Gasteiger charge is -2.23. The van der Waals surface area contributed by atoms with Crippen LogP contribution >= 0.6 is 0 Å². The third kappa shape index (κ3) is 2.98. The lowest BCUT2D eigenvalue weighted by molar-refractivity contribution is -0.133. The van der Waals surface area contributed by atoms with Crippen molar-refractivity contribution in [2.45, 2.75) is 13.8 Å². The van der Waals surface area contributed by atoms with Gasteiger partial charge in [0, 0.05) is 11.1 Å². The predicted molar refractivity (Wildman–Crippen MR) is 86.8 cm³/mol. The molecule has 0 radical (unpaired) electrons. The molecule has 0 saturated heterocycles. The maximum absolute atomic E-state index is 12.5. The van der Waals surface area contributed by atoms with Crippen LogP contribution in [-0.4, -0.2) is 16.9 Å². The fourth-order valence-electron chi connectivity index (χ4n) is 2.21. The van der Waals surface area contributed by atoms with E-state index < -0.39 is 11.4 Å². The summed E-state index contributed by atoms with van der Waals surface area (Å²) in [4.78, 5) is 23.6. The Morgan fingerprint density at radius 1 is 0.909 bits per heavy atom. The van der Waals surface area contributed by atoms with Crippen LogP contribution in [-0.2, 0) is 4.79 Å². The van der Waals surface area contributed by atoms with E-state index in [0.29, 0.717) is 5.56 Å². The van der Waals surface area contributed by atoms with Crippen molar-refractivity contribution in [1.29, 1.82) is 0 Å². The van der Waals surface area contributed by atoms with E-state index in [9.17, 15) is 9.59 Å². The van der Waals surface area contributed by atoms with Crippen molar-refractivity contribution in [2.24, 2.45) is 5.41 Å². The second-order valence-corrected chi connectivity index (χ2v) is 5.68. The molecule has 0 aromatic heterocycles. The molecule has 0 fully saturated rings. The number of carboxylic acid groups (broad SMARTS) is 1. The van der Waals surface area contributed by atoms with E-state index in [1.54, 1.807) is 26.0 Å². The summed E-state index contributed by atoms with van der Waals surface area (Å²) in [5, 5.41) is 9.05. The Morgan fingerprint density at radius 3 is 1.91 bits per heavy atom. The number of carbonyl (C=O) groups excluding carboxylic acids is 1. The first-order valence-electron chi connectivity index (χ1n) is 6.97. The lowest BCUT2D eigenvalue weighted by atomic mass is 9.78. The van der Waals surface area contributed by atoms with Crippen molar-refractivity contribution < 1.29 is 14.7 Å². The molecule has 0 heterocycles. The molecule has 0 spiro atoms. The Bertz CT molecular complexity index is 710. The first-order valence-corrected chi connectivity index (χ1v) is 6.97. The number of ketones is 1. The molecule has 0 amide bonds. The fourth-order valence-corrected chi connectivity index (χ4v) is 2.21. The number of rotatable bonds is 5. The van der Waals surface area contributed by atoms with Gasteiger partial charge in [-0.05, 0) is 25.0 Å². The van der Waals surface area contributed by atoms with Gasteiger partial charge in [-0.15, -0.1) is 0 Å². The van der Waals surface area contributed by atoms with Gasteiger partial charge < -0.3 is 5.11 Å². The summed E-state index contributed by atoms with van der Waals surface area (Å²) in [7, 11) is 0. The molecule has 2 aromatic carbocycles. The van der Waals surface area contributed by atoms with Crippen LogP contribution in [0.4, 0.5) is 0 Å². The van der Waals surface area contributed by atoms with Crippen molar-refractivity contribution in [1.82, 2.24) is 0 Å². The number of hydrogen-bond acceptors (Lipinski definition) is 2. The Kier molecular flexibility index (Phi) is 4.27. The van der Waals surface area contributed by atoms with Gasteiger partial charge in [0.15, 0.2) is 5.78 Å². The molecule has 0 aliphatic carbocycles. The van der Waals surface area contributed by atoms with Crippen LogP contribution in [0, 0.1) is 5.41 Å². The first kappa shape index (κ1) is 15.7. The number of aliphatic carboxylic acids is 1. The highest BCUT2D eigenvalue weighted by Crippen LogP contribution is 2.30. The zero-order valence-corrected chi connectivity index (χ0v) is 12.7. The number of carbonyl (C=O) groups is 2. The van der Waals surface area contributed by atoms with E-state index in [0.717, 1.165) is 11.1 Å². The Hall–Kier alpha value is -2.68.